The maximum absolute atomic E-state index is 10.9. The number of ether oxygens (including phenoxy) is 2. The first-order valence-electron chi connectivity index (χ1n) is 5.80. The van der Waals surface area contributed by atoms with Crippen LogP contribution < -0.4 is 0 Å². The molecule has 0 spiro atoms. The normalized spacial score (nSPS) is 12.3. The van der Waals surface area contributed by atoms with Crippen molar-refractivity contribution in [2.45, 2.75) is 27.2 Å². The molecule has 17 heavy (non-hydrogen) atoms. The molecule has 0 saturated heterocycles. The third-order valence-electron chi connectivity index (χ3n) is 2.42. The van der Waals surface area contributed by atoms with Crippen molar-refractivity contribution in [1.82, 2.24) is 0 Å². The van der Waals surface area contributed by atoms with E-state index in [1.165, 1.54) is 0 Å². The molecule has 0 rings (SSSR count). The van der Waals surface area contributed by atoms with E-state index < -0.39 is 5.97 Å². The van der Waals surface area contributed by atoms with E-state index in [0.29, 0.717) is 19.8 Å². The average Bonchev–Trinajstić information content (AvgIpc) is 2.25. The van der Waals surface area contributed by atoms with Gasteiger partial charge < -0.3 is 9.47 Å². The number of hydrogen-bond acceptors (Lipinski definition) is 3. The fourth-order valence-electron chi connectivity index (χ4n) is 1.01. The minimum Gasteiger partial charge on any atom is -0.462 e. The molecule has 2 radical (unpaired) electrons. The monoisotopic (exact) mass is 240 g/mol. The lowest BCUT2D eigenvalue weighted by Gasteiger charge is -2.27. The van der Waals surface area contributed by atoms with Crippen LogP contribution in [0, 0.1) is 24.7 Å². The Morgan fingerprint density at radius 3 is 2.29 bits per heavy atom. The quantitative estimate of drug-likeness (QED) is 0.483. The SMILES string of the molecule is [CH2]C([CH2])(CC)COCC(C)(C)COC(=O)C=C. The van der Waals surface area contributed by atoms with Crippen LogP contribution >= 0.6 is 0 Å². The Bertz CT molecular complexity index is 254. The van der Waals surface area contributed by atoms with Gasteiger partial charge in [0.15, 0.2) is 0 Å². The summed E-state index contributed by atoms with van der Waals surface area (Å²) >= 11 is 0. The van der Waals surface area contributed by atoms with Crippen molar-refractivity contribution in [3.05, 3.63) is 26.5 Å². The van der Waals surface area contributed by atoms with Gasteiger partial charge in [-0.3, -0.25) is 0 Å². The van der Waals surface area contributed by atoms with Crippen LogP contribution in [0.15, 0.2) is 12.7 Å². The van der Waals surface area contributed by atoms with Crippen molar-refractivity contribution in [2.24, 2.45) is 10.8 Å². The van der Waals surface area contributed by atoms with Gasteiger partial charge in [0.2, 0.25) is 0 Å². The molecule has 0 atom stereocenters. The van der Waals surface area contributed by atoms with Crippen molar-refractivity contribution in [3.8, 4) is 0 Å². The van der Waals surface area contributed by atoms with Gasteiger partial charge in [-0.15, -0.1) is 0 Å². The minimum atomic E-state index is -0.407. The minimum absolute atomic E-state index is 0.220. The molecule has 3 nitrogen and oxygen atoms in total. The fourth-order valence-corrected chi connectivity index (χ4v) is 1.01. The molecule has 0 aliphatic rings. The maximum Gasteiger partial charge on any atom is 0.330 e. The molecule has 0 aliphatic carbocycles. The highest BCUT2D eigenvalue weighted by molar-refractivity contribution is 5.81. The first-order valence-corrected chi connectivity index (χ1v) is 5.80. The highest BCUT2D eigenvalue weighted by atomic mass is 16.5. The van der Waals surface area contributed by atoms with Gasteiger partial charge in [0.25, 0.3) is 0 Å². The van der Waals surface area contributed by atoms with Crippen molar-refractivity contribution in [1.29, 1.82) is 0 Å². The number of carbonyl (C=O) groups is 1. The van der Waals surface area contributed by atoms with Gasteiger partial charge in [-0.25, -0.2) is 4.79 Å². The van der Waals surface area contributed by atoms with E-state index in [1.807, 2.05) is 20.8 Å². The Morgan fingerprint density at radius 1 is 1.24 bits per heavy atom. The van der Waals surface area contributed by atoms with Crippen LogP contribution in [0.2, 0.25) is 0 Å². The molecular weight excluding hydrogens is 216 g/mol. The zero-order valence-corrected chi connectivity index (χ0v) is 11.3. The topological polar surface area (TPSA) is 35.5 Å². The van der Waals surface area contributed by atoms with Crippen LogP contribution in [-0.4, -0.2) is 25.8 Å². The van der Waals surface area contributed by atoms with E-state index in [9.17, 15) is 4.79 Å². The summed E-state index contributed by atoms with van der Waals surface area (Å²) in [7, 11) is 0. The fraction of sp³-hybridized carbons (Fsp3) is 0.643. The smallest absolute Gasteiger partial charge is 0.330 e. The summed E-state index contributed by atoms with van der Waals surface area (Å²) in [6.07, 6.45) is 2.02. The highest BCUT2D eigenvalue weighted by Crippen LogP contribution is 2.21. The number of carbonyl (C=O) groups excluding carboxylic acids is 1. The molecule has 0 N–H and O–H groups in total. The predicted octanol–water partition coefficient (Wildman–Crippen LogP) is 2.82. The summed E-state index contributed by atoms with van der Waals surface area (Å²) in [6, 6.07) is 0. The van der Waals surface area contributed by atoms with Crippen molar-refractivity contribution in [2.75, 3.05) is 19.8 Å². The second-order valence-electron chi connectivity index (χ2n) is 5.32. The molecule has 0 fully saturated rings. The summed E-state index contributed by atoms with van der Waals surface area (Å²) in [4.78, 5) is 10.9. The molecule has 0 aliphatic heterocycles. The first-order chi connectivity index (χ1) is 7.72. The molecule has 0 heterocycles. The van der Waals surface area contributed by atoms with Crippen LogP contribution in [0.4, 0.5) is 0 Å². The molecule has 0 aromatic rings. The molecule has 0 amide bonds. The van der Waals surface area contributed by atoms with Crippen LogP contribution in [0.25, 0.3) is 0 Å². The summed E-state index contributed by atoms with van der Waals surface area (Å²) in [6.45, 7) is 18.6. The first kappa shape index (κ1) is 16.2. The van der Waals surface area contributed by atoms with E-state index in [4.69, 9.17) is 9.47 Å². The molecule has 0 aromatic heterocycles. The van der Waals surface area contributed by atoms with Crippen molar-refractivity contribution >= 4 is 5.97 Å². The molecule has 0 aromatic carbocycles. The Labute approximate surface area is 105 Å². The second-order valence-corrected chi connectivity index (χ2v) is 5.32. The number of rotatable bonds is 8. The lowest BCUT2D eigenvalue weighted by molar-refractivity contribution is -0.142. The third-order valence-corrected chi connectivity index (χ3v) is 2.42. The molecule has 3 heteroatoms. The third kappa shape index (κ3) is 7.97. The Hall–Kier alpha value is -0.830. The second kappa shape index (κ2) is 6.80. The van der Waals surface area contributed by atoms with Crippen LogP contribution in [0.5, 0.6) is 0 Å². The van der Waals surface area contributed by atoms with Gasteiger partial charge in [0.05, 0.1) is 19.8 Å². The lowest BCUT2D eigenvalue weighted by Crippen LogP contribution is -2.29. The van der Waals surface area contributed by atoms with Crippen LogP contribution in [0.1, 0.15) is 27.2 Å². The molecular formula is C14H24O3. The number of hydrogen-bond donors (Lipinski definition) is 0. The summed E-state index contributed by atoms with van der Waals surface area (Å²) in [5.74, 6) is -0.407. The molecule has 0 unspecified atom stereocenters. The van der Waals surface area contributed by atoms with Crippen molar-refractivity contribution < 1.29 is 14.3 Å². The van der Waals surface area contributed by atoms with Crippen LogP contribution in [-0.2, 0) is 14.3 Å². The van der Waals surface area contributed by atoms with E-state index in [-0.39, 0.29) is 10.8 Å². The summed E-state index contributed by atoms with van der Waals surface area (Å²) < 4.78 is 10.6. The summed E-state index contributed by atoms with van der Waals surface area (Å²) in [5, 5.41) is 0. The molecule has 0 saturated carbocycles. The summed E-state index contributed by atoms with van der Waals surface area (Å²) in [5.41, 5.74) is -0.517. The zero-order chi connectivity index (χ0) is 13.5. The maximum atomic E-state index is 10.9. The van der Waals surface area contributed by atoms with E-state index in [2.05, 4.69) is 20.4 Å². The van der Waals surface area contributed by atoms with Gasteiger partial charge in [0, 0.05) is 11.5 Å². The largest absolute Gasteiger partial charge is 0.462 e. The molecule has 98 valence electrons. The van der Waals surface area contributed by atoms with Crippen molar-refractivity contribution in [3.63, 3.8) is 0 Å². The van der Waals surface area contributed by atoms with Crippen LogP contribution in [0.3, 0.4) is 0 Å². The highest BCUT2D eigenvalue weighted by Gasteiger charge is 2.22. The molecule has 0 bridgehead atoms. The van der Waals surface area contributed by atoms with Gasteiger partial charge in [0.1, 0.15) is 0 Å². The Balaban J connectivity index is 3.93. The van der Waals surface area contributed by atoms with E-state index in [1.54, 1.807) is 0 Å². The van der Waals surface area contributed by atoms with Gasteiger partial charge in [-0.1, -0.05) is 27.4 Å². The average molecular weight is 240 g/mol. The van der Waals surface area contributed by atoms with Gasteiger partial charge in [-0.2, -0.15) is 0 Å². The Morgan fingerprint density at radius 2 is 1.82 bits per heavy atom. The standard InChI is InChI=1S/C14H24O3/c1-7-12(15)17-11-14(5,6)10-16-9-13(3,4)8-2/h7H,1,3-4,8-11H2,2,5-6H3. The number of esters is 1. The lowest BCUT2D eigenvalue weighted by atomic mass is 9.91. The van der Waals surface area contributed by atoms with Gasteiger partial charge in [-0.05, 0) is 25.7 Å². The predicted molar refractivity (Wildman–Crippen MR) is 69.2 cm³/mol. The van der Waals surface area contributed by atoms with E-state index >= 15 is 0 Å². The van der Waals surface area contributed by atoms with E-state index in [0.717, 1.165) is 12.5 Å². The zero-order valence-electron chi connectivity index (χ0n) is 11.3. The Kier molecular flexibility index (Phi) is 6.46. The van der Waals surface area contributed by atoms with Gasteiger partial charge >= 0.3 is 5.97 Å².